The van der Waals surface area contributed by atoms with Gasteiger partial charge in [0.2, 0.25) is 0 Å². The Kier molecular flexibility index (Phi) is 5.07. The summed E-state index contributed by atoms with van der Waals surface area (Å²) < 4.78 is 18.2. The zero-order valence-electron chi connectivity index (χ0n) is 8.58. The molecule has 0 fully saturated rings. The molecule has 1 aromatic carbocycles. The summed E-state index contributed by atoms with van der Waals surface area (Å²) in [7, 11) is 0. The number of hydrogen-bond acceptors (Lipinski definition) is 3. The van der Waals surface area contributed by atoms with Crippen LogP contribution in [-0.4, -0.2) is 24.9 Å². The van der Waals surface area contributed by atoms with Crippen molar-refractivity contribution in [1.82, 2.24) is 0 Å². The fraction of sp³-hybridized carbons (Fsp3) is 0.455. The molecule has 15 heavy (non-hydrogen) atoms. The molecule has 0 atom stereocenters. The van der Waals surface area contributed by atoms with Gasteiger partial charge in [-0.15, -0.1) is 0 Å². The first kappa shape index (κ1) is 11.9. The topological polar surface area (TPSA) is 55.5 Å². The van der Waals surface area contributed by atoms with Gasteiger partial charge in [0.1, 0.15) is 18.2 Å². The largest absolute Gasteiger partial charge is 0.491 e. The summed E-state index contributed by atoms with van der Waals surface area (Å²) in [6.07, 6.45) is 1.48. The van der Waals surface area contributed by atoms with E-state index in [2.05, 4.69) is 0 Å². The molecule has 3 nitrogen and oxygen atoms in total. The third kappa shape index (κ3) is 3.85. The summed E-state index contributed by atoms with van der Waals surface area (Å²) in [6.45, 7) is 0.741. The minimum atomic E-state index is -0.279. The molecule has 1 aromatic rings. The molecule has 0 radical (unpaired) electrons. The van der Waals surface area contributed by atoms with Crippen molar-refractivity contribution in [1.29, 1.82) is 0 Å². The molecule has 0 aliphatic rings. The molecular weight excluding hydrogens is 197 g/mol. The van der Waals surface area contributed by atoms with Crippen LogP contribution in [0.4, 0.5) is 4.39 Å². The molecule has 0 amide bonds. The fourth-order valence-corrected chi connectivity index (χ4v) is 1.33. The summed E-state index contributed by atoms with van der Waals surface area (Å²) >= 11 is 0. The van der Waals surface area contributed by atoms with Crippen LogP contribution in [0.2, 0.25) is 0 Å². The smallest absolute Gasteiger partial charge is 0.123 e. The lowest BCUT2D eigenvalue weighted by molar-refractivity contribution is 0.200. The SMILES string of the molecule is NCCCc1cc(F)ccc1OCCO. The number of hydrogen-bond donors (Lipinski definition) is 2. The van der Waals surface area contributed by atoms with E-state index in [0.29, 0.717) is 18.7 Å². The van der Waals surface area contributed by atoms with Crippen molar-refractivity contribution in [2.24, 2.45) is 5.73 Å². The minimum absolute atomic E-state index is 0.0479. The highest BCUT2D eigenvalue weighted by Crippen LogP contribution is 2.21. The van der Waals surface area contributed by atoms with E-state index < -0.39 is 0 Å². The second-order valence-electron chi connectivity index (χ2n) is 3.22. The lowest BCUT2D eigenvalue weighted by Gasteiger charge is -2.10. The number of halogens is 1. The van der Waals surface area contributed by atoms with Crippen LogP contribution >= 0.6 is 0 Å². The van der Waals surface area contributed by atoms with Crippen molar-refractivity contribution >= 4 is 0 Å². The zero-order valence-corrected chi connectivity index (χ0v) is 8.58. The molecule has 84 valence electrons. The quantitative estimate of drug-likeness (QED) is 0.743. The molecule has 4 heteroatoms. The summed E-state index contributed by atoms with van der Waals surface area (Å²) in [5.41, 5.74) is 6.19. The monoisotopic (exact) mass is 213 g/mol. The third-order valence-electron chi connectivity index (χ3n) is 2.02. The van der Waals surface area contributed by atoms with Crippen LogP contribution in [0.5, 0.6) is 5.75 Å². The number of aliphatic hydroxyl groups excluding tert-OH is 1. The Hall–Kier alpha value is -1.13. The van der Waals surface area contributed by atoms with E-state index in [9.17, 15) is 4.39 Å². The van der Waals surface area contributed by atoms with Crippen molar-refractivity contribution in [3.63, 3.8) is 0 Å². The maximum atomic E-state index is 13.0. The van der Waals surface area contributed by atoms with Gasteiger partial charge in [-0.2, -0.15) is 0 Å². The lowest BCUT2D eigenvalue weighted by Crippen LogP contribution is -2.06. The van der Waals surface area contributed by atoms with E-state index in [1.807, 2.05) is 0 Å². The maximum Gasteiger partial charge on any atom is 0.123 e. The average molecular weight is 213 g/mol. The van der Waals surface area contributed by atoms with Gasteiger partial charge in [-0.1, -0.05) is 0 Å². The number of aryl methyl sites for hydroxylation is 1. The maximum absolute atomic E-state index is 13.0. The van der Waals surface area contributed by atoms with Crippen LogP contribution in [-0.2, 0) is 6.42 Å². The number of ether oxygens (including phenoxy) is 1. The second-order valence-corrected chi connectivity index (χ2v) is 3.22. The van der Waals surface area contributed by atoms with Gasteiger partial charge < -0.3 is 15.6 Å². The normalized spacial score (nSPS) is 10.3. The van der Waals surface area contributed by atoms with E-state index >= 15 is 0 Å². The lowest BCUT2D eigenvalue weighted by atomic mass is 10.1. The molecule has 0 saturated carbocycles. The summed E-state index contributed by atoms with van der Waals surface area (Å²) in [5.74, 6) is 0.345. The average Bonchev–Trinajstić information content (AvgIpc) is 2.25. The van der Waals surface area contributed by atoms with Crippen LogP contribution in [0.15, 0.2) is 18.2 Å². The van der Waals surface area contributed by atoms with Gasteiger partial charge in [-0.25, -0.2) is 4.39 Å². The molecule has 3 N–H and O–H groups in total. The molecule has 0 aliphatic heterocycles. The van der Waals surface area contributed by atoms with Crippen molar-refractivity contribution in [3.8, 4) is 5.75 Å². The van der Waals surface area contributed by atoms with E-state index in [4.69, 9.17) is 15.6 Å². The number of benzene rings is 1. The fourth-order valence-electron chi connectivity index (χ4n) is 1.33. The highest BCUT2D eigenvalue weighted by Gasteiger charge is 2.04. The van der Waals surface area contributed by atoms with Crippen LogP contribution in [0.3, 0.4) is 0 Å². The van der Waals surface area contributed by atoms with Gasteiger partial charge >= 0.3 is 0 Å². The first-order valence-electron chi connectivity index (χ1n) is 5.00. The van der Waals surface area contributed by atoms with E-state index in [-0.39, 0.29) is 19.0 Å². The Labute approximate surface area is 88.7 Å². The highest BCUT2D eigenvalue weighted by atomic mass is 19.1. The number of rotatable bonds is 6. The number of aliphatic hydroxyl groups is 1. The van der Waals surface area contributed by atoms with Gasteiger partial charge in [-0.05, 0) is 43.1 Å². The molecule has 1 rings (SSSR count). The van der Waals surface area contributed by atoms with Crippen molar-refractivity contribution in [2.45, 2.75) is 12.8 Å². The number of nitrogens with two attached hydrogens (primary N) is 1. The van der Waals surface area contributed by atoms with Crippen LogP contribution in [0.1, 0.15) is 12.0 Å². The van der Waals surface area contributed by atoms with Gasteiger partial charge in [0.25, 0.3) is 0 Å². The highest BCUT2D eigenvalue weighted by molar-refractivity contribution is 5.34. The van der Waals surface area contributed by atoms with E-state index in [1.165, 1.54) is 12.1 Å². The van der Waals surface area contributed by atoms with E-state index in [1.54, 1.807) is 6.07 Å². The molecule has 0 bridgehead atoms. The Morgan fingerprint density at radius 2 is 2.20 bits per heavy atom. The van der Waals surface area contributed by atoms with Crippen LogP contribution in [0.25, 0.3) is 0 Å². The van der Waals surface area contributed by atoms with Gasteiger partial charge in [0.15, 0.2) is 0 Å². The molecule has 0 heterocycles. The molecular formula is C11H16FNO2. The minimum Gasteiger partial charge on any atom is -0.491 e. The Balaban J connectivity index is 2.73. The Bertz CT molecular complexity index is 305. The third-order valence-corrected chi connectivity index (χ3v) is 2.02. The van der Waals surface area contributed by atoms with Crippen LogP contribution < -0.4 is 10.5 Å². The predicted molar refractivity (Wildman–Crippen MR) is 56.4 cm³/mol. The Morgan fingerprint density at radius 1 is 1.40 bits per heavy atom. The first-order chi connectivity index (χ1) is 7.27. The van der Waals surface area contributed by atoms with Crippen molar-refractivity contribution in [3.05, 3.63) is 29.6 Å². The van der Waals surface area contributed by atoms with Gasteiger partial charge in [0.05, 0.1) is 6.61 Å². The predicted octanol–water partition coefficient (Wildman–Crippen LogP) is 1.09. The van der Waals surface area contributed by atoms with Gasteiger partial charge in [0, 0.05) is 0 Å². The zero-order chi connectivity index (χ0) is 11.1. The first-order valence-corrected chi connectivity index (χ1v) is 5.00. The van der Waals surface area contributed by atoms with Gasteiger partial charge in [-0.3, -0.25) is 0 Å². The van der Waals surface area contributed by atoms with Crippen molar-refractivity contribution in [2.75, 3.05) is 19.8 Å². The molecule has 0 unspecified atom stereocenters. The standard InChI is InChI=1S/C11H16FNO2/c12-10-3-4-11(15-7-6-14)9(8-10)2-1-5-13/h3-4,8,14H,1-2,5-7,13H2. The summed E-state index contributed by atoms with van der Waals surface area (Å²) in [6, 6.07) is 4.37. The molecule has 0 saturated heterocycles. The molecule has 0 aliphatic carbocycles. The van der Waals surface area contributed by atoms with Crippen LogP contribution in [0, 0.1) is 5.82 Å². The summed E-state index contributed by atoms with van der Waals surface area (Å²) in [5, 5.41) is 8.63. The molecule has 0 spiro atoms. The van der Waals surface area contributed by atoms with E-state index in [0.717, 1.165) is 12.0 Å². The second kappa shape index (κ2) is 6.37. The summed E-state index contributed by atoms with van der Waals surface area (Å²) in [4.78, 5) is 0. The van der Waals surface area contributed by atoms with Crippen molar-refractivity contribution < 1.29 is 14.2 Å². The Morgan fingerprint density at radius 3 is 2.87 bits per heavy atom. The molecule has 0 aromatic heterocycles.